The highest BCUT2D eigenvalue weighted by Crippen LogP contribution is 2.32. The molecule has 0 spiro atoms. The molecule has 0 fully saturated rings. The summed E-state index contributed by atoms with van der Waals surface area (Å²) in [6, 6.07) is 5.59. The maximum absolute atomic E-state index is 12.8. The van der Waals surface area contributed by atoms with Crippen LogP contribution in [0.2, 0.25) is 0 Å². The molecule has 24 heavy (non-hydrogen) atoms. The van der Waals surface area contributed by atoms with Crippen LogP contribution in [0.1, 0.15) is 27.7 Å². The summed E-state index contributed by atoms with van der Waals surface area (Å²) in [6.45, 7) is 3.89. The molecule has 122 valence electrons. The third kappa shape index (κ3) is 2.28. The number of carbonyl (C=O) groups excluding carboxylic acids is 1. The summed E-state index contributed by atoms with van der Waals surface area (Å²) in [5, 5.41) is 0.522. The zero-order chi connectivity index (χ0) is 16.8. The Kier molecular flexibility index (Phi) is 3.38. The minimum atomic E-state index is -0.140. The van der Waals surface area contributed by atoms with E-state index in [2.05, 4.69) is 4.98 Å². The second kappa shape index (κ2) is 5.45. The maximum Gasteiger partial charge on any atom is 0.262 e. The fourth-order valence-electron chi connectivity index (χ4n) is 2.84. The molecule has 0 saturated heterocycles. The van der Waals surface area contributed by atoms with Gasteiger partial charge in [0, 0.05) is 0 Å². The summed E-state index contributed by atoms with van der Waals surface area (Å²) >= 11 is 1.27. The van der Waals surface area contributed by atoms with E-state index in [0.717, 1.165) is 5.56 Å². The minimum absolute atomic E-state index is 0.0442. The first-order chi connectivity index (χ1) is 11.5. The Labute approximate surface area is 141 Å². The van der Waals surface area contributed by atoms with Crippen molar-refractivity contribution in [3.63, 3.8) is 0 Å². The lowest BCUT2D eigenvalue weighted by Crippen LogP contribution is -2.21. The number of aryl methyl sites for hydroxylation is 1. The molecule has 0 aliphatic carbocycles. The molecule has 2 aromatic heterocycles. The molecule has 0 N–H and O–H groups in total. The topological polar surface area (TPSA) is 70.4 Å². The molecule has 6 nitrogen and oxygen atoms in total. The summed E-state index contributed by atoms with van der Waals surface area (Å²) in [6.07, 6.45) is 1.52. The third-order valence-electron chi connectivity index (χ3n) is 4.03. The molecule has 3 heterocycles. The van der Waals surface area contributed by atoms with Gasteiger partial charge < -0.3 is 9.47 Å². The molecule has 0 saturated carbocycles. The molecule has 3 aromatic rings. The van der Waals surface area contributed by atoms with Crippen LogP contribution in [-0.2, 0) is 6.54 Å². The number of thiophene rings is 1. The Bertz CT molecular complexity index is 1030. The quantitative estimate of drug-likeness (QED) is 0.685. The van der Waals surface area contributed by atoms with E-state index in [0.29, 0.717) is 38.7 Å². The van der Waals surface area contributed by atoms with E-state index in [-0.39, 0.29) is 18.1 Å². The van der Waals surface area contributed by atoms with Gasteiger partial charge in [0.2, 0.25) is 6.79 Å². The first kappa shape index (κ1) is 14.9. The van der Waals surface area contributed by atoms with Crippen LogP contribution in [0, 0.1) is 6.92 Å². The van der Waals surface area contributed by atoms with Crippen molar-refractivity contribution in [3.05, 3.63) is 50.9 Å². The highest BCUT2D eigenvalue weighted by atomic mass is 32.1. The van der Waals surface area contributed by atoms with Gasteiger partial charge in [-0.2, -0.15) is 0 Å². The number of hydrogen-bond acceptors (Lipinski definition) is 6. The predicted molar refractivity (Wildman–Crippen MR) is 90.3 cm³/mol. The van der Waals surface area contributed by atoms with Crippen molar-refractivity contribution < 1.29 is 14.3 Å². The normalized spacial score (nSPS) is 12.8. The molecule has 0 atom stereocenters. The van der Waals surface area contributed by atoms with Crippen LogP contribution in [0.3, 0.4) is 0 Å². The lowest BCUT2D eigenvalue weighted by molar-refractivity contribution is 0.102. The van der Waals surface area contributed by atoms with Gasteiger partial charge in [-0.3, -0.25) is 14.2 Å². The molecule has 0 radical (unpaired) electrons. The van der Waals surface area contributed by atoms with Crippen molar-refractivity contribution in [2.24, 2.45) is 0 Å². The predicted octanol–water partition coefficient (Wildman–Crippen LogP) is 2.75. The highest BCUT2D eigenvalue weighted by Gasteiger charge is 2.18. The molecular formula is C17H14N2O4S. The van der Waals surface area contributed by atoms with E-state index < -0.39 is 0 Å². The molecule has 0 amide bonds. The zero-order valence-corrected chi connectivity index (χ0v) is 14.0. The SMILES string of the molecule is CC(=O)c1sc2ncn(Cc3ccc4c(c3)OCO4)c(=O)c2c1C. The van der Waals surface area contributed by atoms with E-state index in [1.165, 1.54) is 24.6 Å². The maximum atomic E-state index is 12.8. The highest BCUT2D eigenvalue weighted by molar-refractivity contribution is 7.20. The summed E-state index contributed by atoms with van der Waals surface area (Å²) in [5.41, 5.74) is 1.49. The van der Waals surface area contributed by atoms with E-state index in [1.54, 1.807) is 11.5 Å². The van der Waals surface area contributed by atoms with Crippen LogP contribution >= 0.6 is 11.3 Å². The van der Waals surface area contributed by atoms with Gasteiger partial charge >= 0.3 is 0 Å². The van der Waals surface area contributed by atoms with E-state index in [4.69, 9.17) is 9.47 Å². The van der Waals surface area contributed by atoms with Crippen molar-refractivity contribution in [1.29, 1.82) is 0 Å². The first-order valence-corrected chi connectivity index (χ1v) is 8.24. The number of nitrogens with zero attached hydrogens (tertiary/aromatic N) is 2. The van der Waals surface area contributed by atoms with E-state index >= 15 is 0 Å². The second-order valence-corrected chi connectivity index (χ2v) is 6.66. The number of carbonyl (C=O) groups is 1. The third-order valence-corrected chi connectivity index (χ3v) is 5.33. The number of aromatic nitrogens is 2. The van der Waals surface area contributed by atoms with Gasteiger partial charge in [-0.25, -0.2) is 4.98 Å². The van der Waals surface area contributed by atoms with Gasteiger partial charge in [-0.15, -0.1) is 11.3 Å². The Morgan fingerprint density at radius 1 is 1.33 bits per heavy atom. The van der Waals surface area contributed by atoms with Crippen LogP contribution in [0.25, 0.3) is 10.2 Å². The minimum Gasteiger partial charge on any atom is -0.454 e. The monoisotopic (exact) mass is 342 g/mol. The summed E-state index contributed by atoms with van der Waals surface area (Å²) in [7, 11) is 0. The fourth-order valence-corrected chi connectivity index (χ4v) is 3.88. The summed E-state index contributed by atoms with van der Waals surface area (Å²) in [5.74, 6) is 1.34. The fraction of sp³-hybridized carbons (Fsp3) is 0.235. The van der Waals surface area contributed by atoms with Crippen molar-refractivity contribution in [1.82, 2.24) is 9.55 Å². The van der Waals surface area contributed by atoms with Gasteiger partial charge in [0.05, 0.1) is 23.1 Å². The van der Waals surface area contributed by atoms with Gasteiger partial charge in [-0.05, 0) is 37.1 Å². The molecule has 7 heteroatoms. The second-order valence-electron chi connectivity index (χ2n) is 5.66. The van der Waals surface area contributed by atoms with Crippen LogP contribution in [0.5, 0.6) is 11.5 Å². The standard InChI is InChI=1S/C17H14N2O4S/c1-9-14-16(24-15(9)10(2)20)18-7-19(17(14)21)6-11-3-4-12-13(5-11)23-8-22-12/h3-5,7H,6,8H2,1-2H3. The van der Waals surface area contributed by atoms with Crippen molar-refractivity contribution in [3.8, 4) is 11.5 Å². The molecule has 4 rings (SSSR count). The number of hydrogen-bond donors (Lipinski definition) is 0. The number of ketones is 1. The van der Waals surface area contributed by atoms with Crippen molar-refractivity contribution in [2.75, 3.05) is 6.79 Å². The Morgan fingerprint density at radius 2 is 2.12 bits per heavy atom. The lowest BCUT2D eigenvalue weighted by Gasteiger charge is -2.06. The van der Waals surface area contributed by atoms with Gasteiger partial charge in [-0.1, -0.05) is 6.07 Å². The Balaban J connectivity index is 1.77. The molecule has 0 unspecified atom stereocenters. The molecule has 1 aliphatic heterocycles. The van der Waals surface area contributed by atoms with Gasteiger partial charge in [0.1, 0.15) is 4.83 Å². The number of fused-ring (bicyclic) bond motifs is 2. The van der Waals surface area contributed by atoms with Crippen LogP contribution < -0.4 is 15.0 Å². The molecule has 1 aliphatic rings. The number of benzene rings is 1. The van der Waals surface area contributed by atoms with E-state index in [1.807, 2.05) is 18.2 Å². The van der Waals surface area contributed by atoms with Crippen LogP contribution in [-0.4, -0.2) is 22.1 Å². The summed E-state index contributed by atoms with van der Waals surface area (Å²) in [4.78, 5) is 30.0. The Morgan fingerprint density at radius 3 is 2.92 bits per heavy atom. The lowest BCUT2D eigenvalue weighted by atomic mass is 10.1. The number of ether oxygens (including phenoxy) is 2. The van der Waals surface area contributed by atoms with Gasteiger partial charge in [0.15, 0.2) is 17.3 Å². The average molecular weight is 342 g/mol. The average Bonchev–Trinajstić information content (AvgIpc) is 3.14. The largest absolute Gasteiger partial charge is 0.454 e. The molecular weight excluding hydrogens is 328 g/mol. The van der Waals surface area contributed by atoms with Crippen molar-refractivity contribution >= 4 is 27.3 Å². The van der Waals surface area contributed by atoms with Gasteiger partial charge in [0.25, 0.3) is 5.56 Å². The van der Waals surface area contributed by atoms with Crippen LogP contribution in [0.15, 0.2) is 29.3 Å². The van der Waals surface area contributed by atoms with Crippen molar-refractivity contribution in [2.45, 2.75) is 20.4 Å². The number of Topliss-reactive ketones (excluding diaryl/α,β-unsaturated/α-hetero) is 1. The summed E-state index contributed by atoms with van der Waals surface area (Å²) < 4.78 is 12.2. The molecule has 0 bridgehead atoms. The van der Waals surface area contributed by atoms with Crippen LogP contribution in [0.4, 0.5) is 0 Å². The Hall–Kier alpha value is -2.67. The number of rotatable bonds is 3. The van der Waals surface area contributed by atoms with E-state index in [9.17, 15) is 9.59 Å². The molecule has 1 aromatic carbocycles. The first-order valence-electron chi connectivity index (χ1n) is 7.42. The smallest absolute Gasteiger partial charge is 0.262 e. The zero-order valence-electron chi connectivity index (χ0n) is 13.2.